The van der Waals surface area contributed by atoms with Crippen molar-refractivity contribution in [3.05, 3.63) is 45.7 Å². The van der Waals surface area contributed by atoms with Crippen LogP contribution in [-0.4, -0.2) is 55.6 Å². The van der Waals surface area contributed by atoms with Crippen molar-refractivity contribution in [2.24, 2.45) is 17.6 Å². The van der Waals surface area contributed by atoms with Gasteiger partial charge in [0.15, 0.2) is 11.4 Å². The van der Waals surface area contributed by atoms with Crippen molar-refractivity contribution < 1.29 is 44.3 Å². The molecule has 0 radical (unpaired) electrons. The number of phenols is 1. The standard InChI is InChI=1S/C27H31NO9/c1-6-15(30)37-22-13-9-14(29)18(25(28)35)23(33)27(13,36)24(34)19-16(22)10(2)11-7-8-12(26(3,4)5)20(31)17(11)21(19)32/h7-8,10,13,16,22,31-33,36H,6,9H2,1-5H3,(H2,28,35). The first kappa shape index (κ1) is 26.4. The fraction of sp³-hybridized carbons (Fsp3) is 0.481. The minimum absolute atomic E-state index is 0.00683. The highest BCUT2D eigenvalue weighted by Crippen LogP contribution is 2.57. The number of esters is 1. The third-order valence-corrected chi connectivity index (χ3v) is 7.84. The van der Waals surface area contributed by atoms with E-state index in [1.54, 1.807) is 19.1 Å². The van der Waals surface area contributed by atoms with Crippen molar-refractivity contribution >= 4 is 29.2 Å². The molecule has 1 saturated carbocycles. The van der Waals surface area contributed by atoms with Gasteiger partial charge in [-0.05, 0) is 16.9 Å². The molecule has 1 aromatic carbocycles. The number of carbonyl (C=O) groups is 4. The van der Waals surface area contributed by atoms with Crippen LogP contribution in [0.15, 0.2) is 29.0 Å². The Bertz CT molecular complexity index is 1320. The average Bonchev–Trinajstić information content (AvgIpc) is 2.79. The van der Waals surface area contributed by atoms with Gasteiger partial charge in [-0.2, -0.15) is 0 Å². The number of hydrogen-bond donors (Lipinski definition) is 5. The number of nitrogens with two attached hydrogens (primary N) is 1. The number of benzene rings is 1. The second-order valence-electron chi connectivity index (χ2n) is 11.0. The number of ether oxygens (including phenoxy) is 1. The number of aliphatic hydroxyl groups is 3. The second-order valence-corrected chi connectivity index (χ2v) is 11.0. The SMILES string of the molecule is CCC(=O)OC1C2C(=C(O)c3c(ccc(C(C)(C)C)c3O)C2C)C(=O)C2(O)C(O)=C(C(N)=O)C(=O)CC12. The van der Waals surface area contributed by atoms with Gasteiger partial charge >= 0.3 is 5.97 Å². The van der Waals surface area contributed by atoms with Gasteiger partial charge in [0.25, 0.3) is 5.91 Å². The van der Waals surface area contributed by atoms with Crippen molar-refractivity contribution in [1.82, 2.24) is 0 Å². The Labute approximate surface area is 213 Å². The van der Waals surface area contributed by atoms with Crippen LogP contribution in [0.4, 0.5) is 0 Å². The molecule has 1 fully saturated rings. The molecule has 3 aliphatic carbocycles. The molecule has 0 aliphatic heterocycles. The van der Waals surface area contributed by atoms with Crippen molar-refractivity contribution in [2.45, 2.75) is 70.5 Å². The molecule has 0 heterocycles. The van der Waals surface area contributed by atoms with Crippen LogP contribution in [0.1, 0.15) is 70.1 Å². The van der Waals surface area contributed by atoms with Crippen LogP contribution in [0, 0.1) is 11.8 Å². The molecule has 0 bridgehead atoms. The highest BCUT2D eigenvalue weighted by atomic mass is 16.5. The van der Waals surface area contributed by atoms with E-state index < -0.39 is 81.8 Å². The number of rotatable bonds is 3. The first-order valence-corrected chi connectivity index (χ1v) is 12.1. The van der Waals surface area contributed by atoms with Gasteiger partial charge in [0.1, 0.15) is 28.9 Å². The quantitative estimate of drug-likeness (QED) is 0.298. The van der Waals surface area contributed by atoms with E-state index in [1.807, 2.05) is 20.8 Å². The Kier molecular flexibility index (Phi) is 6.02. The zero-order chi connectivity index (χ0) is 27.8. The van der Waals surface area contributed by atoms with Crippen molar-refractivity contribution in [2.75, 3.05) is 0 Å². The molecule has 10 nitrogen and oxygen atoms in total. The van der Waals surface area contributed by atoms with Crippen molar-refractivity contribution in [3.63, 3.8) is 0 Å². The fourth-order valence-electron chi connectivity index (χ4n) is 5.96. The highest BCUT2D eigenvalue weighted by molar-refractivity contribution is 6.23. The Morgan fingerprint density at radius 1 is 1.16 bits per heavy atom. The Hall–Kier alpha value is -3.66. The minimum atomic E-state index is -2.87. The van der Waals surface area contributed by atoms with Crippen LogP contribution < -0.4 is 5.73 Å². The van der Waals surface area contributed by atoms with Crippen LogP contribution in [-0.2, 0) is 29.3 Å². The number of aliphatic hydroxyl groups excluding tert-OH is 2. The van der Waals surface area contributed by atoms with E-state index in [9.17, 15) is 39.6 Å². The molecule has 4 rings (SSSR count). The Morgan fingerprint density at radius 3 is 2.32 bits per heavy atom. The van der Waals surface area contributed by atoms with Gasteiger partial charge in [-0.1, -0.05) is 46.8 Å². The predicted molar refractivity (Wildman–Crippen MR) is 130 cm³/mol. The maximum atomic E-state index is 13.9. The first-order valence-electron chi connectivity index (χ1n) is 12.1. The van der Waals surface area contributed by atoms with E-state index >= 15 is 0 Å². The molecule has 5 unspecified atom stereocenters. The summed E-state index contributed by atoms with van der Waals surface area (Å²) in [5, 5.41) is 45.1. The number of ketones is 2. The summed E-state index contributed by atoms with van der Waals surface area (Å²) in [6.07, 6.45) is -2.00. The van der Waals surface area contributed by atoms with Crippen LogP contribution >= 0.6 is 0 Å². The predicted octanol–water partition coefficient (Wildman–Crippen LogP) is 2.21. The van der Waals surface area contributed by atoms with E-state index in [2.05, 4.69) is 0 Å². The lowest BCUT2D eigenvalue weighted by Gasteiger charge is -2.51. The number of hydrogen-bond acceptors (Lipinski definition) is 9. The third-order valence-electron chi connectivity index (χ3n) is 7.84. The Morgan fingerprint density at radius 2 is 1.78 bits per heavy atom. The van der Waals surface area contributed by atoms with Crippen molar-refractivity contribution in [3.8, 4) is 5.75 Å². The molecule has 37 heavy (non-hydrogen) atoms. The third kappa shape index (κ3) is 3.57. The number of fused-ring (bicyclic) bond motifs is 3. The summed E-state index contributed by atoms with van der Waals surface area (Å²) in [6.45, 7) is 8.84. The van der Waals surface area contributed by atoms with Gasteiger partial charge in [-0.3, -0.25) is 19.2 Å². The van der Waals surface area contributed by atoms with E-state index in [0.717, 1.165) is 0 Å². The molecule has 3 aliphatic rings. The largest absolute Gasteiger partial charge is 0.508 e. The van der Waals surface area contributed by atoms with Crippen LogP contribution in [0.25, 0.3) is 5.76 Å². The molecule has 198 valence electrons. The minimum Gasteiger partial charge on any atom is -0.508 e. The summed E-state index contributed by atoms with van der Waals surface area (Å²) in [5.41, 5.74) is 1.53. The van der Waals surface area contributed by atoms with E-state index in [-0.39, 0.29) is 23.3 Å². The summed E-state index contributed by atoms with van der Waals surface area (Å²) in [4.78, 5) is 51.0. The average molecular weight is 514 g/mol. The fourth-order valence-corrected chi connectivity index (χ4v) is 5.96. The van der Waals surface area contributed by atoms with Crippen LogP contribution in [0.3, 0.4) is 0 Å². The van der Waals surface area contributed by atoms with Crippen LogP contribution in [0.2, 0.25) is 0 Å². The smallest absolute Gasteiger partial charge is 0.305 e. The molecule has 0 aromatic heterocycles. The number of aromatic hydroxyl groups is 1. The number of primary amides is 1. The maximum absolute atomic E-state index is 13.9. The second kappa shape index (κ2) is 8.44. The van der Waals surface area contributed by atoms with Crippen LogP contribution in [0.5, 0.6) is 5.75 Å². The van der Waals surface area contributed by atoms with Gasteiger partial charge in [0, 0.05) is 35.8 Å². The lowest BCUT2D eigenvalue weighted by molar-refractivity contribution is -0.178. The Balaban J connectivity index is 2.06. The molecular weight excluding hydrogens is 482 g/mol. The summed E-state index contributed by atoms with van der Waals surface area (Å²) < 4.78 is 5.67. The van der Waals surface area contributed by atoms with Gasteiger partial charge < -0.3 is 30.9 Å². The summed E-state index contributed by atoms with van der Waals surface area (Å²) in [7, 11) is 0. The van der Waals surface area contributed by atoms with Gasteiger partial charge in [-0.15, -0.1) is 0 Å². The molecule has 1 aromatic rings. The molecule has 1 amide bonds. The lowest BCUT2D eigenvalue weighted by Crippen LogP contribution is -2.64. The lowest BCUT2D eigenvalue weighted by atomic mass is 9.55. The first-order chi connectivity index (χ1) is 17.1. The monoisotopic (exact) mass is 513 g/mol. The molecule has 10 heteroatoms. The molecule has 5 atom stereocenters. The van der Waals surface area contributed by atoms with Crippen molar-refractivity contribution in [1.29, 1.82) is 0 Å². The van der Waals surface area contributed by atoms with Gasteiger partial charge in [-0.25, -0.2) is 0 Å². The highest BCUT2D eigenvalue weighted by Gasteiger charge is 2.66. The molecular formula is C27H31NO9. The zero-order valence-corrected chi connectivity index (χ0v) is 21.3. The number of amides is 1. The van der Waals surface area contributed by atoms with E-state index in [0.29, 0.717) is 11.1 Å². The zero-order valence-electron chi connectivity index (χ0n) is 21.3. The van der Waals surface area contributed by atoms with Gasteiger partial charge in [0.05, 0.1) is 5.56 Å². The topological polar surface area (TPSA) is 184 Å². The number of carbonyl (C=O) groups excluding carboxylic acids is 4. The number of phenolic OH excluding ortho intramolecular Hbond substituents is 1. The van der Waals surface area contributed by atoms with E-state index in [4.69, 9.17) is 10.5 Å². The number of Topliss-reactive ketones (excluding diaryl/α,β-unsaturated/α-hetero) is 2. The summed E-state index contributed by atoms with van der Waals surface area (Å²) in [6, 6.07) is 3.43. The van der Waals surface area contributed by atoms with E-state index in [1.165, 1.54) is 6.92 Å². The molecule has 6 N–H and O–H groups in total. The maximum Gasteiger partial charge on any atom is 0.305 e. The van der Waals surface area contributed by atoms with Gasteiger partial charge in [0.2, 0.25) is 5.78 Å². The summed E-state index contributed by atoms with van der Waals surface area (Å²) in [5.74, 6) is -9.31. The molecule has 0 saturated heterocycles. The normalized spacial score (nSPS) is 29.5. The molecule has 0 spiro atoms. The summed E-state index contributed by atoms with van der Waals surface area (Å²) >= 11 is 0.